The largest absolute Gasteiger partial charge is 0.481 e. The molecule has 1 aliphatic carbocycles. The highest BCUT2D eigenvalue weighted by Gasteiger charge is 2.48. The fourth-order valence-electron chi connectivity index (χ4n) is 4.11. The van der Waals surface area contributed by atoms with Crippen LogP contribution in [0.3, 0.4) is 0 Å². The van der Waals surface area contributed by atoms with E-state index in [1.807, 2.05) is 6.20 Å². The van der Waals surface area contributed by atoms with Crippen LogP contribution in [0.5, 0.6) is 0 Å². The molecule has 2 aliphatic rings. The third-order valence-electron chi connectivity index (χ3n) is 5.67. The van der Waals surface area contributed by atoms with Crippen LogP contribution in [-0.4, -0.2) is 34.0 Å². The minimum absolute atomic E-state index is 0.0922. The van der Waals surface area contributed by atoms with E-state index < -0.39 is 5.97 Å². The quantitative estimate of drug-likeness (QED) is 0.916. The van der Waals surface area contributed by atoms with Crippen molar-refractivity contribution in [3.63, 3.8) is 0 Å². The van der Waals surface area contributed by atoms with E-state index in [0.717, 1.165) is 51.0 Å². The van der Waals surface area contributed by atoms with Crippen molar-refractivity contribution in [3.05, 3.63) is 40.7 Å². The van der Waals surface area contributed by atoms with Crippen molar-refractivity contribution in [3.8, 4) is 11.3 Å². The molecule has 0 unspecified atom stereocenters. The molecule has 5 heteroatoms. The third kappa shape index (κ3) is 3.10. The Kier molecular flexibility index (Phi) is 4.14. The number of nitrogens with zero attached hydrogens (tertiary/aromatic N) is 2. The number of hydrogen-bond acceptors (Lipinski definition) is 4. The Hall–Kier alpha value is -1.72. The summed E-state index contributed by atoms with van der Waals surface area (Å²) in [6, 6.07) is 6.38. The Balaban J connectivity index is 1.30. The predicted molar refractivity (Wildman–Crippen MR) is 94.9 cm³/mol. The molecule has 2 aromatic heterocycles. The Labute approximate surface area is 146 Å². The van der Waals surface area contributed by atoms with Crippen LogP contribution in [0.4, 0.5) is 0 Å². The smallest absolute Gasteiger partial charge is 0.306 e. The number of carboxylic acids is 1. The molecule has 4 nitrogen and oxygen atoms in total. The zero-order chi connectivity index (χ0) is 16.6. The molecule has 4 rings (SSSR count). The minimum atomic E-state index is -0.611. The standard InChI is InChI=1S/C19H22N2O2S/c22-18(23)16-9-19(10-16)4-6-21(7-5-19)12-14-1-2-17(20-11-14)15-3-8-24-13-15/h1-3,8,11,13,16H,4-7,9-10,12H2,(H,22,23). The molecule has 24 heavy (non-hydrogen) atoms. The summed E-state index contributed by atoms with van der Waals surface area (Å²) in [5, 5.41) is 13.3. The van der Waals surface area contributed by atoms with Gasteiger partial charge in [0.15, 0.2) is 0 Å². The monoisotopic (exact) mass is 342 g/mol. The maximum absolute atomic E-state index is 11.0. The van der Waals surface area contributed by atoms with Crippen molar-refractivity contribution in [2.75, 3.05) is 13.1 Å². The van der Waals surface area contributed by atoms with Gasteiger partial charge in [0.25, 0.3) is 0 Å². The number of carboxylic acid groups (broad SMARTS) is 1. The first-order chi connectivity index (χ1) is 11.6. The van der Waals surface area contributed by atoms with E-state index in [0.29, 0.717) is 5.41 Å². The summed E-state index contributed by atoms with van der Waals surface area (Å²) in [5.41, 5.74) is 3.79. The average Bonchev–Trinajstić information content (AvgIpc) is 3.08. The molecule has 1 aliphatic heterocycles. The number of rotatable bonds is 4. The first kappa shape index (κ1) is 15.8. The number of likely N-dealkylation sites (tertiary alicyclic amines) is 1. The summed E-state index contributed by atoms with van der Waals surface area (Å²) in [6.07, 6.45) is 6.02. The Morgan fingerprint density at radius 2 is 2.08 bits per heavy atom. The maximum Gasteiger partial charge on any atom is 0.306 e. The lowest BCUT2D eigenvalue weighted by Crippen LogP contribution is -2.48. The molecule has 1 spiro atoms. The molecule has 0 bridgehead atoms. The van der Waals surface area contributed by atoms with E-state index in [2.05, 4.69) is 38.8 Å². The van der Waals surface area contributed by atoms with E-state index in [1.165, 1.54) is 11.1 Å². The average molecular weight is 342 g/mol. The van der Waals surface area contributed by atoms with E-state index in [4.69, 9.17) is 5.11 Å². The molecule has 1 N–H and O–H groups in total. The van der Waals surface area contributed by atoms with Crippen molar-refractivity contribution in [1.82, 2.24) is 9.88 Å². The number of carbonyl (C=O) groups is 1. The molecule has 126 valence electrons. The molecule has 3 heterocycles. The second-order valence-corrected chi connectivity index (χ2v) is 8.06. The highest BCUT2D eigenvalue weighted by atomic mass is 32.1. The summed E-state index contributed by atoms with van der Waals surface area (Å²) in [6.45, 7) is 3.08. The number of aromatic nitrogens is 1. The molecule has 0 amide bonds. The normalized spacial score (nSPS) is 20.8. The van der Waals surface area contributed by atoms with Crippen LogP contribution < -0.4 is 0 Å². The molecular weight excluding hydrogens is 320 g/mol. The fourth-order valence-corrected chi connectivity index (χ4v) is 4.76. The van der Waals surface area contributed by atoms with Crippen LogP contribution in [0.2, 0.25) is 0 Å². The number of pyridine rings is 1. The Morgan fingerprint density at radius 1 is 1.29 bits per heavy atom. The molecule has 0 aromatic carbocycles. The van der Waals surface area contributed by atoms with Gasteiger partial charge in [-0.15, -0.1) is 0 Å². The van der Waals surface area contributed by atoms with Gasteiger partial charge in [-0.05, 0) is 67.3 Å². The zero-order valence-corrected chi connectivity index (χ0v) is 14.5. The van der Waals surface area contributed by atoms with Crippen LogP contribution in [0.15, 0.2) is 35.2 Å². The molecule has 2 fully saturated rings. The van der Waals surface area contributed by atoms with E-state index in [1.54, 1.807) is 11.3 Å². The topological polar surface area (TPSA) is 53.4 Å². The number of piperidine rings is 1. The first-order valence-corrected chi connectivity index (χ1v) is 9.51. The van der Waals surface area contributed by atoms with E-state index >= 15 is 0 Å². The maximum atomic E-state index is 11.0. The van der Waals surface area contributed by atoms with Gasteiger partial charge in [0, 0.05) is 23.7 Å². The molecule has 1 saturated heterocycles. The lowest BCUT2D eigenvalue weighted by Gasteiger charge is -2.51. The zero-order valence-electron chi connectivity index (χ0n) is 13.6. The number of thiophene rings is 1. The molecule has 0 radical (unpaired) electrons. The summed E-state index contributed by atoms with van der Waals surface area (Å²) < 4.78 is 0. The fraction of sp³-hybridized carbons (Fsp3) is 0.474. The second kappa shape index (κ2) is 6.30. The van der Waals surface area contributed by atoms with Gasteiger partial charge < -0.3 is 5.11 Å². The highest BCUT2D eigenvalue weighted by molar-refractivity contribution is 7.08. The van der Waals surface area contributed by atoms with Crippen molar-refractivity contribution < 1.29 is 9.90 Å². The lowest BCUT2D eigenvalue weighted by atomic mass is 9.57. The van der Waals surface area contributed by atoms with Crippen molar-refractivity contribution in [2.24, 2.45) is 11.3 Å². The Bertz CT molecular complexity index is 695. The van der Waals surface area contributed by atoms with Crippen LogP contribution in [0.25, 0.3) is 11.3 Å². The second-order valence-electron chi connectivity index (χ2n) is 7.28. The molecule has 0 atom stereocenters. The van der Waals surface area contributed by atoms with E-state index in [9.17, 15) is 4.79 Å². The van der Waals surface area contributed by atoms with Gasteiger partial charge in [-0.3, -0.25) is 14.7 Å². The van der Waals surface area contributed by atoms with Gasteiger partial charge in [0.05, 0.1) is 11.6 Å². The van der Waals surface area contributed by atoms with Gasteiger partial charge in [-0.1, -0.05) is 6.07 Å². The van der Waals surface area contributed by atoms with Crippen LogP contribution in [0.1, 0.15) is 31.2 Å². The van der Waals surface area contributed by atoms with Gasteiger partial charge >= 0.3 is 5.97 Å². The SMILES string of the molecule is O=C(O)C1CC2(CCN(Cc3ccc(-c4ccsc4)nc3)CC2)C1. The number of hydrogen-bond donors (Lipinski definition) is 1. The molecule has 1 saturated carbocycles. The highest BCUT2D eigenvalue weighted by Crippen LogP contribution is 2.52. The van der Waals surface area contributed by atoms with Crippen molar-refractivity contribution >= 4 is 17.3 Å². The van der Waals surface area contributed by atoms with Gasteiger partial charge in [0.1, 0.15) is 0 Å². The lowest BCUT2D eigenvalue weighted by molar-refractivity contribution is -0.152. The predicted octanol–water partition coefficient (Wildman–Crippen LogP) is 3.89. The van der Waals surface area contributed by atoms with Gasteiger partial charge in [-0.25, -0.2) is 0 Å². The summed E-state index contributed by atoms with van der Waals surface area (Å²) in [7, 11) is 0. The minimum Gasteiger partial charge on any atom is -0.481 e. The van der Waals surface area contributed by atoms with Crippen LogP contribution >= 0.6 is 11.3 Å². The summed E-state index contributed by atoms with van der Waals surface area (Å²) in [5.74, 6) is -0.703. The number of aliphatic carboxylic acids is 1. The molecule has 2 aromatic rings. The van der Waals surface area contributed by atoms with Gasteiger partial charge in [0.2, 0.25) is 0 Å². The van der Waals surface area contributed by atoms with Crippen molar-refractivity contribution in [1.29, 1.82) is 0 Å². The van der Waals surface area contributed by atoms with Gasteiger partial charge in [-0.2, -0.15) is 11.3 Å². The van der Waals surface area contributed by atoms with Crippen LogP contribution in [-0.2, 0) is 11.3 Å². The molecular formula is C19H22N2O2S. The van der Waals surface area contributed by atoms with E-state index in [-0.39, 0.29) is 5.92 Å². The third-order valence-corrected chi connectivity index (χ3v) is 6.36. The Morgan fingerprint density at radius 3 is 2.67 bits per heavy atom. The van der Waals surface area contributed by atoms with Crippen molar-refractivity contribution in [2.45, 2.75) is 32.2 Å². The summed E-state index contributed by atoms with van der Waals surface area (Å²) in [4.78, 5) is 18.1. The first-order valence-electron chi connectivity index (χ1n) is 8.56. The summed E-state index contributed by atoms with van der Waals surface area (Å²) >= 11 is 1.69. The van der Waals surface area contributed by atoms with Crippen LogP contribution in [0, 0.1) is 11.3 Å².